The quantitative estimate of drug-likeness (QED) is 0.813. The number of benzene rings is 1. The number of carboxylic acid groups (broad SMARTS) is 1. The average Bonchev–Trinajstić information content (AvgIpc) is 2.73. The maximum absolute atomic E-state index is 11.3. The number of nitrogens with zero attached hydrogens (tertiary/aromatic N) is 1. The van der Waals surface area contributed by atoms with Crippen molar-refractivity contribution in [3.63, 3.8) is 0 Å². The zero-order chi connectivity index (χ0) is 13.8. The molecule has 0 saturated carbocycles. The summed E-state index contributed by atoms with van der Waals surface area (Å²) in [7, 11) is 0. The molecule has 0 bridgehead atoms. The Kier molecular flexibility index (Phi) is 4.22. The van der Waals surface area contributed by atoms with Crippen LogP contribution in [0.1, 0.15) is 24.3 Å². The van der Waals surface area contributed by atoms with Gasteiger partial charge in [0.2, 0.25) is 0 Å². The lowest BCUT2D eigenvalue weighted by atomic mass is 10.2. The number of carboxylic acids is 1. The third-order valence-electron chi connectivity index (χ3n) is 2.94. The SMILES string of the molecule is CC(C)COCCn1c(C(=O)O)cc2ccccc21. The molecule has 0 aliphatic heterocycles. The number of hydrogen-bond acceptors (Lipinski definition) is 2. The van der Waals surface area contributed by atoms with E-state index in [4.69, 9.17) is 4.74 Å². The predicted molar refractivity (Wildman–Crippen MR) is 74.6 cm³/mol. The van der Waals surface area contributed by atoms with Crippen LogP contribution in [0, 0.1) is 5.92 Å². The summed E-state index contributed by atoms with van der Waals surface area (Å²) < 4.78 is 7.34. The molecule has 1 aromatic heterocycles. The second-order valence-electron chi connectivity index (χ2n) is 5.01. The van der Waals surface area contributed by atoms with Crippen molar-refractivity contribution in [2.45, 2.75) is 20.4 Å². The lowest BCUT2D eigenvalue weighted by molar-refractivity contribution is 0.0678. The number of para-hydroxylation sites is 1. The number of ether oxygens (including phenoxy) is 1. The number of aromatic carboxylic acids is 1. The first-order valence-electron chi connectivity index (χ1n) is 6.49. The van der Waals surface area contributed by atoms with E-state index in [2.05, 4.69) is 13.8 Å². The second kappa shape index (κ2) is 5.89. The Hall–Kier alpha value is -1.81. The van der Waals surface area contributed by atoms with Gasteiger partial charge in [0.1, 0.15) is 5.69 Å². The van der Waals surface area contributed by atoms with Crippen molar-refractivity contribution >= 4 is 16.9 Å². The van der Waals surface area contributed by atoms with Crippen molar-refractivity contribution < 1.29 is 14.6 Å². The Labute approximate surface area is 112 Å². The van der Waals surface area contributed by atoms with Gasteiger partial charge in [-0.2, -0.15) is 0 Å². The first-order chi connectivity index (χ1) is 9.09. The Balaban J connectivity index is 2.19. The van der Waals surface area contributed by atoms with Crippen LogP contribution in [-0.4, -0.2) is 28.9 Å². The topological polar surface area (TPSA) is 51.5 Å². The van der Waals surface area contributed by atoms with Crippen LogP contribution in [0.4, 0.5) is 0 Å². The molecule has 0 aliphatic rings. The molecule has 0 fully saturated rings. The van der Waals surface area contributed by atoms with Gasteiger partial charge in [-0.05, 0) is 18.1 Å². The number of fused-ring (bicyclic) bond motifs is 1. The molecule has 1 heterocycles. The predicted octanol–water partition coefficient (Wildman–Crippen LogP) is 3.01. The van der Waals surface area contributed by atoms with E-state index in [0.29, 0.717) is 31.4 Å². The molecule has 0 aliphatic carbocycles. The van der Waals surface area contributed by atoms with Crippen LogP contribution in [0.3, 0.4) is 0 Å². The minimum absolute atomic E-state index is 0.314. The molecule has 19 heavy (non-hydrogen) atoms. The Morgan fingerprint density at radius 2 is 2.11 bits per heavy atom. The first kappa shape index (κ1) is 13.6. The van der Waals surface area contributed by atoms with E-state index in [1.54, 1.807) is 10.6 Å². The molecule has 2 rings (SSSR count). The van der Waals surface area contributed by atoms with Crippen molar-refractivity contribution in [1.82, 2.24) is 4.57 Å². The molecule has 0 saturated heterocycles. The highest BCUT2D eigenvalue weighted by molar-refractivity contribution is 5.94. The molecule has 0 atom stereocenters. The summed E-state index contributed by atoms with van der Waals surface area (Å²) in [6.07, 6.45) is 0. The molecule has 1 aromatic carbocycles. The standard InChI is InChI=1S/C15H19NO3/c1-11(2)10-19-8-7-16-13-6-4-3-5-12(13)9-14(16)15(17)18/h3-6,9,11H,7-8,10H2,1-2H3,(H,17,18). The number of carbonyl (C=O) groups is 1. The normalized spacial score (nSPS) is 11.3. The molecule has 4 nitrogen and oxygen atoms in total. The summed E-state index contributed by atoms with van der Waals surface area (Å²) in [5.41, 5.74) is 1.25. The fourth-order valence-electron chi connectivity index (χ4n) is 2.10. The highest BCUT2D eigenvalue weighted by Crippen LogP contribution is 2.19. The number of hydrogen-bond donors (Lipinski definition) is 1. The van der Waals surface area contributed by atoms with Gasteiger partial charge >= 0.3 is 5.97 Å². The van der Waals surface area contributed by atoms with Crippen molar-refractivity contribution in [3.8, 4) is 0 Å². The zero-order valence-electron chi connectivity index (χ0n) is 11.3. The van der Waals surface area contributed by atoms with Crippen LogP contribution in [0.2, 0.25) is 0 Å². The van der Waals surface area contributed by atoms with Crippen molar-refractivity contribution in [3.05, 3.63) is 36.0 Å². The van der Waals surface area contributed by atoms with Crippen LogP contribution >= 0.6 is 0 Å². The van der Waals surface area contributed by atoms with E-state index in [-0.39, 0.29) is 0 Å². The van der Waals surface area contributed by atoms with Crippen LogP contribution < -0.4 is 0 Å². The van der Waals surface area contributed by atoms with Crippen molar-refractivity contribution in [1.29, 1.82) is 0 Å². The molecule has 102 valence electrons. The smallest absolute Gasteiger partial charge is 0.352 e. The van der Waals surface area contributed by atoms with Crippen molar-refractivity contribution in [2.75, 3.05) is 13.2 Å². The van der Waals surface area contributed by atoms with Gasteiger partial charge in [-0.1, -0.05) is 32.0 Å². The maximum Gasteiger partial charge on any atom is 0.352 e. The van der Waals surface area contributed by atoms with Gasteiger partial charge in [-0.15, -0.1) is 0 Å². The Morgan fingerprint density at radius 1 is 1.37 bits per heavy atom. The summed E-state index contributed by atoms with van der Waals surface area (Å²) in [6, 6.07) is 9.39. The summed E-state index contributed by atoms with van der Waals surface area (Å²) in [5.74, 6) is -0.416. The maximum atomic E-state index is 11.3. The van der Waals surface area contributed by atoms with E-state index in [1.165, 1.54) is 0 Å². The summed E-state index contributed by atoms with van der Waals surface area (Å²) in [6.45, 7) is 5.96. The molecule has 0 unspecified atom stereocenters. The zero-order valence-corrected chi connectivity index (χ0v) is 11.3. The minimum atomic E-state index is -0.903. The van der Waals surface area contributed by atoms with Gasteiger partial charge in [0.05, 0.1) is 6.61 Å². The third kappa shape index (κ3) is 3.15. The molecule has 0 amide bonds. The summed E-state index contributed by atoms with van der Waals surface area (Å²) in [4.78, 5) is 11.3. The van der Waals surface area contributed by atoms with Gasteiger partial charge in [-0.25, -0.2) is 4.79 Å². The molecule has 1 N–H and O–H groups in total. The van der Waals surface area contributed by atoms with E-state index in [1.807, 2.05) is 24.3 Å². The minimum Gasteiger partial charge on any atom is -0.477 e. The lowest BCUT2D eigenvalue weighted by Crippen LogP contribution is -2.13. The van der Waals surface area contributed by atoms with E-state index < -0.39 is 5.97 Å². The first-order valence-corrected chi connectivity index (χ1v) is 6.49. The monoisotopic (exact) mass is 261 g/mol. The van der Waals surface area contributed by atoms with Gasteiger partial charge < -0.3 is 14.4 Å². The molecular formula is C15H19NO3. The van der Waals surface area contributed by atoms with Crippen LogP contribution in [-0.2, 0) is 11.3 Å². The number of aromatic nitrogens is 1. The summed E-state index contributed by atoms with van der Waals surface area (Å²) >= 11 is 0. The van der Waals surface area contributed by atoms with Crippen LogP contribution in [0.5, 0.6) is 0 Å². The van der Waals surface area contributed by atoms with Gasteiger partial charge in [0, 0.05) is 24.1 Å². The molecule has 0 radical (unpaired) electrons. The highest BCUT2D eigenvalue weighted by atomic mass is 16.5. The highest BCUT2D eigenvalue weighted by Gasteiger charge is 2.13. The van der Waals surface area contributed by atoms with Gasteiger partial charge in [0.25, 0.3) is 0 Å². The van der Waals surface area contributed by atoms with Gasteiger partial charge in [0.15, 0.2) is 0 Å². The molecule has 4 heteroatoms. The van der Waals surface area contributed by atoms with Crippen LogP contribution in [0.15, 0.2) is 30.3 Å². The molecule has 0 spiro atoms. The fraction of sp³-hybridized carbons (Fsp3) is 0.400. The third-order valence-corrected chi connectivity index (χ3v) is 2.94. The van der Waals surface area contributed by atoms with Crippen molar-refractivity contribution in [2.24, 2.45) is 5.92 Å². The van der Waals surface area contributed by atoms with Gasteiger partial charge in [-0.3, -0.25) is 0 Å². The van der Waals surface area contributed by atoms with Crippen LogP contribution in [0.25, 0.3) is 10.9 Å². The second-order valence-corrected chi connectivity index (χ2v) is 5.01. The largest absolute Gasteiger partial charge is 0.477 e. The van der Waals surface area contributed by atoms with E-state index in [0.717, 1.165) is 10.9 Å². The average molecular weight is 261 g/mol. The molecule has 2 aromatic rings. The lowest BCUT2D eigenvalue weighted by Gasteiger charge is -2.10. The van der Waals surface area contributed by atoms with E-state index >= 15 is 0 Å². The Morgan fingerprint density at radius 3 is 2.79 bits per heavy atom. The Bertz CT molecular complexity index is 572. The molecular weight excluding hydrogens is 242 g/mol. The number of rotatable bonds is 6. The van der Waals surface area contributed by atoms with E-state index in [9.17, 15) is 9.90 Å². The fourth-order valence-corrected chi connectivity index (χ4v) is 2.10. The summed E-state index contributed by atoms with van der Waals surface area (Å²) in [5, 5.41) is 10.2.